The second-order valence-electron chi connectivity index (χ2n) is 12.9. The molecule has 6 rings (SSSR count). The number of aliphatic hydroxyl groups excluding tert-OH is 2. The van der Waals surface area contributed by atoms with Crippen molar-refractivity contribution < 1.29 is 29.3 Å². The minimum Gasteiger partial charge on any atom is -0.457 e. The Morgan fingerprint density at radius 2 is 1.65 bits per heavy atom. The summed E-state index contributed by atoms with van der Waals surface area (Å²) in [6.45, 7) is 1.70. The van der Waals surface area contributed by atoms with E-state index in [0.29, 0.717) is 55.1 Å². The highest BCUT2D eigenvalue weighted by Crippen LogP contribution is 2.40. The molecule has 1 aromatic heterocycles. The molecule has 3 fully saturated rings. The summed E-state index contributed by atoms with van der Waals surface area (Å²) < 4.78 is 5.95. The van der Waals surface area contributed by atoms with Gasteiger partial charge in [0.05, 0.1) is 6.10 Å². The number of rotatable bonds is 9. The SMILES string of the molecule is CNC(=O)c1ccc(Oc2ccc(CN3CCC4(CC3)C(=O)N[C@H]([C@H](O)C3CCCCC3)C(=O)N4C(O)c3cccnc3)cc2)cc1.Cl. The van der Waals surface area contributed by atoms with Crippen LogP contribution in [0.15, 0.2) is 73.1 Å². The maximum absolute atomic E-state index is 14.2. The van der Waals surface area contributed by atoms with Gasteiger partial charge in [-0.25, -0.2) is 0 Å². The van der Waals surface area contributed by atoms with Gasteiger partial charge in [0.25, 0.3) is 11.8 Å². The fraction of sp³-hybridized carbons (Fsp3) is 0.444. The van der Waals surface area contributed by atoms with Crippen molar-refractivity contribution >= 4 is 30.1 Å². The quantitative estimate of drug-likeness (QED) is 0.267. The molecule has 4 N–H and O–H groups in total. The summed E-state index contributed by atoms with van der Waals surface area (Å²) in [5.41, 5.74) is 0.792. The van der Waals surface area contributed by atoms with E-state index in [-0.39, 0.29) is 30.1 Å². The minimum absolute atomic E-state index is 0. The summed E-state index contributed by atoms with van der Waals surface area (Å²) in [6.07, 6.45) is 6.09. The third kappa shape index (κ3) is 7.34. The molecule has 2 saturated heterocycles. The van der Waals surface area contributed by atoms with Crippen LogP contribution in [0.2, 0.25) is 0 Å². The number of piperazine rings is 1. The second-order valence-corrected chi connectivity index (χ2v) is 12.9. The van der Waals surface area contributed by atoms with Crippen LogP contribution in [-0.2, 0) is 16.1 Å². The molecule has 1 unspecified atom stereocenters. The Kier molecular flexibility index (Phi) is 11.4. The summed E-state index contributed by atoms with van der Waals surface area (Å²) >= 11 is 0. The summed E-state index contributed by atoms with van der Waals surface area (Å²) in [4.78, 5) is 47.6. The number of pyridine rings is 1. The number of piperidine rings is 1. The van der Waals surface area contributed by atoms with Gasteiger partial charge in [0.1, 0.15) is 23.1 Å². The van der Waals surface area contributed by atoms with Crippen molar-refractivity contribution in [3.8, 4) is 11.5 Å². The second kappa shape index (κ2) is 15.5. The van der Waals surface area contributed by atoms with Crippen LogP contribution in [0.3, 0.4) is 0 Å². The van der Waals surface area contributed by atoms with Crippen molar-refractivity contribution in [2.75, 3.05) is 20.1 Å². The van der Waals surface area contributed by atoms with Crippen LogP contribution in [0.4, 0.5) is 0 Å². The number of aliphatic hydroxyl groups is 2. The maximum Gasteiger partial charge on any atom is 0.251 e. The summed E-state index contributed by atoms with van der Waals surface area (Å²) in [6, 6.07) is 17.0. The molecule has 3 aromatic rings. The Balaban J connectivity index is 0.00000451. The van der Waals surface area contributed by atoms with Crippen LogP contribution < -0.4 is 15.4 Å². The topological polar surface area (TPSA) is 144 Å². The number of aromatic nitrogens is 1. The molecule has 48 heavy (non-hydrogen) atoms. The Hall–Kier alpha value is -4.03. The molecule has 1 saturated carbocycles. The van der Waals surface area contributed by atoms with Crippen LogP contribution in [0.25, 0.3) is 0 Å². The third-order valence-corrected chi connectivity index (χ3v) is 9.97. The number of benzene rings is 2. The molecule has 11 nitrogen and oxygen atoms in total. The smallest absolute Gasteiger partial charge is 0.251 e. The molecule has 3 aliphatic rings. The maximum atomic E-state index is 14.2. The zero-order valence-corrected chi connectivity index (χ0v) is 27.9. The van der Waals surface area contributed by atoms with Gasteiger partial charge in [0, 0.05) is 50.2 Å². The van der Waals surface area contributed by atoms with Gasteiger partial charge in [0.2, 0.25) is 5.91 Å². The van der Waals surface area contributed by atoms with Crippen LogP contribution in [0.1, 0.15) is 72.7 Å². The van der Waals surface area contributed by atoms with Crippen LogP contribution >= 0.6 is 12.4 Å². The van der Waals surface area contributed by atoms with Crippen molar-refractivity contribution in [2.45, 2.75) is 75.4 Å². The molecule has 3 amide bonds. The lowest BCUT2D eigenvalue weighted by atomic mass is 9.77. The molecule has 2 aromatic carbocycles. The van der Waals surface area contributed by atoms with E-state index in [1.807, 2.05) is 24.3 Å². The van der Waals surface area contributed by atoms with Crippen molar-refractivity contribution in [3.63, 3.8) is 0 Å². The zero-order valence-electron chi connectivity index (χ0n) is 27.1. The highest BCUT2D eigenvalue weighted by Gasteiger charge is 2.57. The van der Waals surface area contributed by atoms with Crippen molar-refractivity contribution in [1.82, 2.24) is 25.4 Å². The Bertz CT molecular complexity index is 1540. The number of likely N-dealkylation sites (tertiary alicyclic amines) is 1. The number of halogens is 1. The van der Waals surface area contributed by atoms with Gasteiger partial charge in [0.15, 0.2) is 6.23 Å². The van der Waals surface area contributed by atoms with Gasteiger partial charge in [-0.15, -0.1) is 12.4 Å². The Morgan fingerprint density at radius 1 is 1.00 bits per heavy atom. The number of carbonyl (C=O) groups excluding carboxylic acids is 3. The monoisotopic (exact) mass is 677 g/mol. The summed E-state index contributed by atoms with van der Waals surface area (Å²) in [7, 11) is 1.59. The molecule has 3 heterocycles. The van der Waals surface area contributed by atoms with E-state index in [0.717, 1.165) is 37.7 Å². The highest BCUT2D eigenvalue weighted by atomic mass is 35.5. The fourth-order valence-electron chi connectivity index (χ4n) is 7.24. The van der Waals surface area contributed by atoms with Crippen molar-refractivity contribution in [2.24, 2.45) is 5.92 Å². The predicted octanol–water partition coefficient (Wildman–Crippen LogP) is 3.95. The Labute approximate surface area is 287 Å². The van der Waals surface area contributed by atoms with Crippen LogP contribution in [0.5, 0.6) is 11.5 Å². The van der Waals surface area contributed by atoms with E-state index in [2.05, 4.69) is 20.5 Å². The van der Waals surface area contributed by atoms with Gasteiger partial charge in [-0.05, 0) is 79.6 Å². The lowest BCUT2D eigenvalue weighted by Crippen LogP contribution is -2.75. The highest BCUT2D eigenvalue weighted by molar-refractivity contribution is 6.00. The number of nitrogens with zero attached hydrogens (tertiary/aromatic N) is 3. The molecule has 256 valence electrons. The van der Waals surface area contributed by atoms with E-state index < -0.39 is 29.8 Å². The lowest BCUT2D eigenvalue weighted by molar-refractivity contribution is -0.183. The molecular formula is C36H44ClN5O6. The van der Waals surface area contributed by atoms with E-state index in [4.69, 9.17) is 4.74 Å². The van der Waals surface area contributed by atoms with Crippen LogP contribution in [0, 0.1) is 5.92 Å². The van der Waals surface area contributed by atoms with Gasteiger partial charge in [-0.1, -0.05) is 37.5 Å². The van der Waals surface area contributed by atoms with E-state index >= 15 is 0 Å². The first-order chi connectivity index (χ1) is 22.8. The van der Waals surface area contributed by atoms with E-state index in [1.54, 1.807) is 49.6 Å². The molecule has 0 radical (unpaired) electrons. The predicted molar refractivity (Wildman–Crippen MR) is 181 cm³/mol. The number of hydrogen-bond acceptors (Lipinski definition) is 8. The molecule has 2 aliphatic heterocycles. The normalized spacial score (nSPS) is 21.1. The Morgan fingerprint density at radius 3 is 2.25 bits per heavy atom. The minimum atomic E-state index is -1.37. The number of ether oxygens (including phenoxy) is 1. The third-order valence-electron chi connectivity index (χ3n) is 9.97. The van der Waals surface area contributed by atoms with Crippen LogP contribution in [-0.4, -0.2) is 80.5 Å². The van der Waals surface area contributed by atoms with E-state index in [9.17, 15) is 24.6 Å². The molecule has 1 aliphatic carbocycles. The average molecular weight is 678 g/mol. The van der Waals surface area contributed by atoms with Gasteiger partial charge < -0.3 is 25.6 Å². The first-order valence-electron chi connectivity index (χ1n) is 16.5. The van der Waals surface area contributed by atoms with Gasteiger partial charge in [-0.3, -0.25) is 29.2 Å². The molecular weight excluding hydrogens is 634 g/mol. The lowest BCUT2D eigenvalue weighted by Gasteiger charge is -2.53. The largest absolute Gasteiger partial charge is 0.457 e. The summed E-state index contributed by atoms with van der Waals surface area (Å²) in [5.74, 6) is 0.281. The first-order valence-corrected chi connectivity index (χ1v) is 16.5. The number of nitrogens with one attached hydrogen (secondary N) is 2. The number of carbonyl (C=O) groups is 3. The van der Waals surface area contributed by atoms with Crippen molar-refractivity contribution in [3.05, 3.63) is 89.7 Å². The first kappa shape index (κ1) is 35.3. The molecule has 12 heteroatoms. The molecule has 3 atom stereocenters. The summed E-state index contributed by atoms with van der Waals surface area (Å²) in [5, 5.41) is 28.4. The molecule has 0 bridgehead atoms. The van der Waals surface area contributed by atoms with Gasteiger partial charge in [-0.2, -0.15) is 0 Å². The van der Waals surface area contributed by atoms with Gasteiger partial charge >= 0.3 is 0 Å². The molecule has 1 spiro atoms. The standard InChI is InChI=1S/C36H43N5O6.ClH/c1-37-32(43)26-11-15-29(16-12-26)47-28-13-9-24(10-14-28)23-40-20-17-36(18-21-40)35(46)39-30(31(42)25-6-3-2-4-7-25)34(45)41(36)33(44)27-8-5-19-38-22-27;/h5,8-16,19,22,25,30-31,33,42,44H,2-4,6-7,17-18,20-21,23H2,1H3,(H,37,43)(H,39,46);1H/t30-,31-,33?;/m1./s1. The average Bonchev–Trinajstić information content (AvgIpc) is 3.12. The zero-order chi connectivity index (χ0) is 33.0. The fourth-order valence-corrected chi connectivity index (χ4v) is 7.24. The van der Waals surface area contributed by atoms with Crippen molar-refractivity contribution in [1.29, 1.82) is 0 Å². The van der Waals surface area contributed by atoms with E-state index in [1.165, 1.54) is 11.1 Å². The number of amides is 3. The number of hydrogen-bond donors (Lipinski definition) is 4.